The van der Waals surface area contributed by atoms with Gasteiger partial charge in [0.2, 0.25) is 0 Å². The summed E-state index contributed by atoms with van der Waals surface area (Å²) >= 11 is 0. The lowest BCUT2D eigenvalue weighted by Crippen LogP contribution is -1.97. The van der Waals surface area contributed by atoms with Crippen LogP contribution in [0.25, 0.3) is 28.4 Å². The number of non-ortho nitro benzene ring substituents is 1. The van der Waals surface area contributed by atoms with Crippen LogP contribution in [0, 0.1) is 28.4 Å². The highest BCUT2D eigenvalue weighted by Crippen LogP contribution is 2.23. The first kappa shape index (κ1) is 17.2. The highest BCUT2D eigenvalue weighted by atomic mass is 16.6. The second-order valence-electron chi connectivity index (χ2n) is 6.36. The maximum atomic E-state index is 11.1. The zero-order valence-corrected chi connectivity index (χ0v) is 15.0. The van der Waals surface area contributed by atoms with Crippen LogP contribution in [0.2, 0.25) is 0 Å². The highest BCUT2D eigenvalue weighted by Gasteiger charge is 2.12. The van der Waals surface area contributed by atoms with E-state index >= 15 is 0 Å². The maximum absolute atomic E-state index is 11.1. The van der Waals surface area contributed by atoms with Crippen LogP contribution in [0.1, 0.15) is 17.1 Å². The molecule has 0 saturated carbocycles. The summed E-state index contributed by atoms with van der Waals surface area (Å²) in [6.45, 7) is 1.99. The van der Waals surface area contributed by atoms with Gasteiger partial charge in [0.05, 0.1) is 27.2 Å². The Labute approximate surface area is 160 Å². The molecule has 0 atom stereocenters. The van der Waals surface area contributed by atoms with Crippen molar-refractivity contribution in [3.05, 3.63) is 88.0 Å². The smallest absolute Gasteiger partial charge is 0.271 e. The molecule has 4 aromatic rings. The first-order valence-corrected chi connectivity index (χ1v) is 8.56. The number of nitro groups is 1. The molecule has 0 fully saturated rings. The van der Waals surface area contributed by atoms with E-state index in [0.717, 1.165) is 16.6 Å². The third-order valence-corrected chi connectivity index (χ3v) is 4.40. The van der Waals surface area contributed by atoms with Crippen LogP contribution in [0.5, 0.6) is 0 Å². The lowest BCUT2D eigenvalue weighted by atomic mass is 10.2. The van der Waals surface area contributed by atoms with Crippen molar-refractivity contribution in [2.45, 2.75) is 6.92 Å². The van der Waals surface area contributed by atoms with Crippen molar-refractivity contribution in [2.75, 3.05) is 0 Å². The van der Waals surface area contributed by atoms with E-state index in [4.69, 9.17) is 0 Å². The Bertz CT molecular complexity index is 1270. The molecule has 2 heterocycles. The summed E-state index contributed by atoms with van der Waals surface area (Å²) in [6, 6.07) is 18.0. The molecule has 0 unspecified atom stereocenters. The van der Waals surface area contributed by atoms with Gasteiger partial charge in [-0.25, -0.2) is 4.98 Å². The van der Waals surface area contributed by atoms with E-state index in [0.29, 0.717) is 22.8 Å². The fourth-order valence-electron chi connectivity index (χ4n) is 3.06. The highest BCUT2D eigenvalue weighted by molar-refractivity contribution is 5.90. The van der Waals surface area contributed by atoms with Crippen LogP contribution in [0.15, 0.2) is 60.8 Å². The molecule has 1 N–H and O–H groups in total. The number of nitriles is 1. The number of rotatable bonds is 4. The van der Waals surface area contributed by atoms with Crippen molar-refractivity contribution in [3.63, 3.8) is 0 Å². The third-order valence-electron chi connectivity index (χ3n) is 4.40. The quantitative estimate of drug-likeness (QED) is 0.322. The van der Waals surface area contributed by atoms with Gasteiger partial charge in [0.15, 0.2) is 0 Å². The van der Waals surface area contributed by atoms with Gasteiger partial charge in [0.1, 0.15) is 11.9 Å². The molecule has 0 amide bonds. The molecule has 7 heteroatoms. The van der Waals surface area contributed by atoms with Crippen LogP contribution in [0.3, 0.4) is 0 Å². The standard InChI is InChI=1S/C21H15N5O2/c1-14-7-8-19-20(10-14)24-21(23-19)15(13-22)11-16-6-3-9-25(16)17-4-2-5-18(12-17)26(27)28/h2-12H,1H3,(H,23,24)/b15-11-. The van der Waals surface area contributed by atoms with E-state index < -0.39 is 4.92 Å². The predicted molar refractivity (Wildman–Crippen MR) is 107 cm³/mol. The average molecular weight is 369 g/mol. The van der Waals surface area contributed by atoms with E-state index in [9.17, 15) is 15.4 Å². The lowest BCUT2D eigenvalue weighted by Gasteiger charge is -2.06. The first-order chi connectivity index (χ1) is 13.5. The number of nitrogens with one attached hydrogen (secondary N) is 1. The largest absolute Gasteiger partial charge is 0.337 e. The van der Waals surface area contributed by atoms with E-state index in [1.807, 2.05) is 37.3 Å². The summed E-state index contributed by atoms with van der Waals surface area (Å²) in [6.07, 6.45) is 3.51. The predicted octanol–water partition coefficient (Wildman–Crippen LogP) is 4.63. The molecule has 0 aliphatic rings. The van der Waals surface area contributed by atoms with Crippen molar-refractivity contribution >= 4 is 28.4 Å². The van der Waals surface area contributed by atoms with Crippen molar-refractivity contribution in [1.29, 1.82) is 5.26 Å². The van der Waals surface area contributed by atoms with Crippen LogP contribution >= 0.6 is 0 Å². The molecule has 0 spiro atoms. The topological polar surface area (TPSA) is 101 Å². The summed E-state index contributed by atoms with van der Waals surface area (Å²) < 4.78 is 1.79. The van der Waals surface area contributed by atoms with Crippen molar-refractivity contribution in [1.82, 2.24) is 14.5 Å². The zero-order valence-electron chi connectivity index (χ0n) is 15.0. The lowest BCUT2D eigenvalue weighted by molar-refractivity contribution is -0.384. The second-order valence-corrected chi connectivity index (χ2v) is 6.36. The summed E-state index contributed by atoms with van der Waals surface area (Å²) in [5.41, 5.74) is 4.50. The Balaban J connectivity index is 1.78. The summed E-state index contributed by atoms with van der Waals surface area (Å²) in [5.74, 6) is 0.481. The Morgan fingerprint density at radius 2 is 2.11 bits per heavy atom. The SMILES string of the molecule is Cc1ccc2nc(/C(C#N)=C\c3cccn3-c3cccc([N+](=O)[O-])c3)[nH]c2c1. The number of fused-ring (bicyclic) bond motifs is 1. The molecule has 0 saturated heterocycles. The Morgan fingerprint density at radius 3 is 2.89 bits per heavy atom. The number of nitrogens with zero attached hydrogens (tertiary/aromatic N) is 4. The van der Waals surface area contributed by atoms with E-state index in [1.54, 1.807) is 29.0 Å². The fourth-order valence-corrected chi connectivity index (χ4v) is 3.06. The van der Waals surface area contributed by atoms with Crippen LogP contribution in [0.4, 0.5) is 5.69 Å². The molecule has 4 rings (SSSR count). The number of imidazole rings is 1. The first-order valence-electron chi connectivity index (χ1n) is 8.56. The van der Waals surface area contributed by atoms with Crippen LogP contribution < -0.4 is 0 Å². The number of aromatic nitrogens is 3. The monoisotopic (exact) mass is 369 g/mol. The van der Waals surface area contributed by atoms with Gasteiger partial charge in [-0.2, -0.15) is 5.26 Å². The minimum atomic E-state index is -0.431. The van der Waals surface area contributed by atoms with Gasteiger partial charge < -0.3 is 9.55 Å². The summed E-state index contributed by atoms with van der Waals surface area (Å²) in [5, 5.41) is 20.7. The average Bonchev–Trinajstić information content (AvgIpc) is 3.32. The van der Waals surface area contributed by atoms with E-state index in [1.165, 1.54) is 12.1 Å². The van der Waals surface area contributed by atoms with Crippen molar-refractivity contribution in [3.8, 4) is 11.8 Å². The van der Waals surface area contributed by atoms with E-state index in [2.05, 4.69) is 16.0 Å². The third kappa shape index (κ3) is 3.15. The van der Waals surface area contributed by atoms with Crippen molar-refractivity contribution < 1.29 is 4.92 Å². The number of nitro benzene ring substituents is 1. The minimum absolute atomic E-state index is 0.00860. The van der Waals surface area contributed by atoms with Gasteiger partial charge in [-0.05, 0) is 48.9 Å². The number of allylic oxidation sites excluding steroid dienone is 1. The number of H-pyrrole nitrogens is 1. The van der Waals surface area contributed by atoms with Gasteiger partial charge in [0, 0.05) is 24.0 Å². The molecule has 2 aromatic heterocycles. The number of hydrogen-bond acceptors (Lipinski definition) is 4. The Morgan fingerprint density at radius 1 is 1.25 bits per heavy atom. The number of aryl methyl sites for hydroxylation is 1. The number of hydrogen-bond donors (Lipinski definition) is 1. The molecule has 0 radical (unpaired) electrons. The molecule has 136 valence electrons. The van der Waals surface area contributed by atoms with Crippen LogP contribution in [-0.4, -0.2) is 19.5 Å². The van der Waals surface area contributed by atoms with Gasteiger partial charge in [-0.15, -0.1) is 0 Å². The molecule has 7 nitrogen and oxygen atoms in total. The zero-order chi connectivity index (χ0) is 19.7. The second kappa shape index (κ2) is 6.85. The minimum Gasteiger partial charge on any atom is -0.337 e. The summed E-state index contributed by atoms with van der Waals surface area (Å²) in [7, 11) is 0. The maximum Gasteiger partial charge on any atom is 0.271 e. The fraction of sp³-hybridized carbons (Fsp3) is 0.0476. The normalized spacial score (nSPS) is 11.5. The van der Waals surface area contributed by atoms with Crippen molar-refractivity contribution in [2.24, 2.45) is 0 Å². The molecular weight excluding hydrogens is 354 g/mol. The van der Waals surface area contributed by atoms with E-state index in [-0.39, 0.29) is 5.69 Å². The Hall–Kier alpha value is -4.18. The number of aromatic amines is 1. The van der Waals surface area contributed by atoms with Crippen LogP contribution in [-0.2, 0) is 0 Å². The molecular formula is C21H15N5O2. The van der Waals surface area contributed by atoms with Gasteiger partial charge in [-0.3, -0.25) is 10.1 Å². The molecule has 2 aromatic carbocycles. The molecule has 0 bridgehead atoms. The molecule has 0 aliphatic heterocycles. The Kier molecular flexibility index (Phi) is 4.22. The number of benzene rings is 2. The van der Waals surface area contributed by atoms with Gasteiger partial charge in [0.25, 0.3) is 5.69 Å². The molecule has 0 aliphatic carbocycles. The van der Waals surface area contributed by atoms with Gasteiger partial charge >= 0.3 is 0 Å². The van der Waals surface area contributed by atoms with Gasteiger partial charge in [-0.1, -0.05) is 12.1 Å². The molecule has 28 heavy (non-hydrogen) atoms. The summed E-state index contributed by atoms with van der Waals surface area (Å²) in [4.78, 5) is 18.3.